The fourth-order valence-electron chi connectivity index (χ4n) is 0.962. The Morgan fingerprint density at radius 1 is 0.688 bits per heavy atom. The predicted octanol–water partition coefficient (Wildman–Crippen LogP) is 2.00. The van der Waals surface area contributed by atoms with Gasteiger partial charge in [-0.15, -0.1) is 0 Å². The van der Waals surface area contributed by atoms with E-state index >= 15 is 0 Å². The molecule has 0 unspecified atom stereocenters. The second kappa shape index (κ2) is 14.0. The lowest BCUT2D eigenvalue weighted by Crippen LogP contribution is -2.04. The Hall–Kier alpha value is 0.961. The van der Waals surface area contributed by atoms with E-state index in [1.54, 1.807) is 0 Å². The maximum atomic E-state index is 5.80. The van der Waals surface area contributed by atoms with Crippen molar-refractivity contribution in [2.45, 2.75) is 58.2 Å². The van der Waals surface area contributed by atoms with Gasteiger partial charge in [0.15, 0.2) is 29.3 Å². The molecule has 0 aromatic carbocycles. The molecule has 0 heterocycles. The van der Waals surface area contributed by atoms with E-state index in [2.05, 4.69) is 20.8 Å². The lowest BCUT2D eigenvalue weighted by molar-refractivity contribution is 0.415. The van der Waals surface area contributed by atoms with Crippen LogP contribution in [0.25, 0.3) is 0 Å². The third-order valence-corrected chi connectivity index (χ3v) is 9.79. The van der Waals surface area contributed by atoms with Crippen LogP contribution >= 0.6 is 8.60 Å². The summed E-state index contributed by atoms with van der Waals surface area (Å²) in [6, 6.07) is 3.74. The van der Waals surface area contributed by atoms with Crippen LogP contribution in [0.1, 0.15) is 40.0 Å². The van der Waals surface area contributed by atoms with Crippen molar-refractivity contribution in [3.05, 3.63) is 0 Å². The van der Waals surface area contributed by atoms with Gasteiger partial charge in [-0.1, -0.05) is 40.0 Å². The first kappa shape index (κ1) is 17.0. The summed E-state index contributed by atoms with van der Waals surface area (Å²) in [5.41, 5.74) is 0. The quantitative estimate of drug-likeness (QED) is 0.313. The first-order chi connectivity index (χ1) is 7.85. The normalized spacial score (nSPS) is 15.2. The zero-order chi connectivity index (χ0) is 12.1. The van der Waals surface area contributed by atoms with Gasteiger partial charge in [0, 0.05) is 0 Å². The van der Waals surface area contributed by atoms with Crippen molar-refractivity contribution in [3.8, 4) is 0 Å². The summed E-state index contributed by atoms with van der Waals surface area (Å²) < 4.78 is 17.4. The molecule has 0 aliphatic heterocycles. The highest BCUT2D eigenvalue weighted by atomic mass is 31.2. The average Bonchev–Trinajstić information content (AvgIpc) is 2.29. The van der Waals surface area contributed by atoms with Crippen molar-refractivity contribution >= 4 is 37.9 Å². The van der Waals surface area contributed by atoms with Crippen LogP contribution in [-0.4, -0.2) is 29.3 Å². The minimum Gasteiger partial charge on any atom is -0.363 e. The van der Waals surface area contributed by atoms with Gasteiger partial charge in [-0.05, 0) is 18.1 Å². The molecule has 0 radical (unpaired) electrons. The Bertz CT molecular complexity index is 119. The van der Waals surface area contributed by atoms with Gasteiger partial charge in [-0.25, -0.2) is 0 Å². The molecule has 0 amide bonds. The van der Waals surface area contributed by atoms with E-state index < -0.39 is 8.60 Å². The first-order valence-electron chi connectivity index (χ1n) is 6.54. The molecular weight excluding hydrogens is 271 g/mol. The number of hydrogen-bond acceptors (Lipinski definition) is 3. The maximum absolute atomic E-state index is 5.80. The van der Waals surface area contributed by atoms with Gasteiger partial charge < -0.3 is 12.6 Å². The maximum Gasteiger partial charge on any atom is 0.298 e. The van der Waals surface area contributed by atoms with Gasteiger partial charge in [0.25, 0.3) is 8.60 Å². The van der Waals surface area contributed by atoms with E-state index in [4.69, 9.17) is 12.6 Å². The van der Waals surface area contributed by atoms with Crippen molar-refractivity contribution in [2.24, 2.45) is 0 Å². The molecule has 0 aromatic rings. The molecule has 0 saturated heterocycles. The molecular formula is C9H27O3PSi3. The molecule has 3 nitrogen and oxygen atoms in total. The fourth-order valence-corrected chi connectivity index (χ4v) is 8.07. The molecule has 0 aliphatic carbocycles. The van der Waals surface area contributed by atoms with Crippen molar-refractivity contribution in [1.82, 2.24) is 0 Å². The van der Waals surface area contributed by atoms with Gasteiger partial charge >= 0.3 is 0 Å². The smallest absolute Gasteiger partial charge is 0.298 e. The van der Waals surface area contributed by atoms with Crippen LogP contribution in [0.3, 0.4) is 0 Å². The summed E-state index contributed by atoms with van der Waals surface area (Å²) in [5.74, 6) is 0. The topological polar surface area (TPSA) is 27.7 Å². The highest BCUT2D eigenvalue weighted by Crippen LogP contribution is 2.38. The first-order valence-corrected chi connectivity index (χ1v) is 12.4. The van der Waals surface area contributed by atoms with Gasteiger partial charge in [0.05, 0.1) is 0 Å². The molecule has 0 rings (SSSR count). The predicted molar refractivity (Wildman–Crippen MR) is 81.1 cm³/mol. The van der Waals surface area contributed by atoms with Gasteiger partial charge in [-0.3, -0.25) is 0 Å². The molecule has 0 N–H and O–H groups in total. The largest absolute Gasteiger partial charge is 0.363 e. The SMILES string of the molecule is CCC[SiH2]OP(O[SiH2]CCC)O[SiH2]CCC. The molecule has 98 valence electrons. The Morgan fingerprint density at radius 2 is 1.00 bits per heavy atom. The third kappa shape index (κ3) is 11.4. The summed E-state index contributed by atoms with van der Waals surface area (Å²) in [7, 11) is -2.05. The molecule has 0 aliphatic rings. The van der Waals surface area contributed by atoms with Crippen molar-refractivity contribution < 1.29 is 12.6 Å². The van der Waals surface area contributed by atoms with Crippen LogP contribution in [0, 0.1) is 0 Å². The van der Waals surface area contributed by atoms with E-state index in [0.29, 0.717) is 0 Å². The molecule has 16 heavy (non-hydrogen) atoms. The van der Waals surface area contributed by atoms with E-state index in [1.165, 1.54) is 37.4 Å². The number of rotatable bonds is 12. The molecule has 0 saturated carbocycles. The summed E-state index contributed by atoms with van der Waals surface area (Å²) in [5, 5.41) is 0. The molecule has 0 atom stereocenters. The second-order valence-corrected chi connectivity index (χ2v) is 10.7. The number of hydrogen-bond donors (Lipinski definition) is 0. The zero-order valence-electron chi connectivity index (χ0n) is 11.0. The minimum atomic E-state index is -0.910. The highest BCUT2D eigenvalue weighted by Gasteiger charge is 2.10. The standard InChI is InChI=1S/C9H27O3PSi3/c1-4-7-14-10-13(11-15-8-5-2)12-16-9-6-3/h4-9,14-16H2,1-3H3. The fraction of sp³-hybridized carbons (Fsp3) is 1.00. The van der Waals surface area contributed by atoms with E-state index in [1.807, 2.05) is 0 Å². The van der Waals surface area contributed by atoms with E-state index in [-0.39, 0.29) is 29.3 Å². The van der Waals surface area contributed by atoms with Crippen LogP contribution in [-0.2, 0) is 12.6 Å². The van der Waals surface area contributed by atoms with E-state index in [0.717, 1.165) is 0 Å². The Labute approximate surface area is 109 Å². The molecule has 7 heteroatoms. The van der Waals surface area contributed by atoms with Crippen LogP contribution in [0.5, 0.6) is 0 Å². The average molecular weight is 299 g/mol. The molecule has 0 fully saturated rings. The Morgan fingerprint density at radius 3 is 1.25 bits per heavy atom. The van der Waals surface area contributed by atoms with Gasteiger partial charge in [0.2, 0.25) is 0 Å². The highest BCUT2D eigenvalue weighted by molar-refractivity contribution is 7.45. The lowest BCUT2D eigenvalue weighted by Gasteiger charge is -2.17. The zero-order valence-corrected chi connectivity index (χ0v) is 16.2. The van der Waals surface area contributed by atoms with E-state index in [9.17, 15) is 0 Å². The second-order valence-electron chi connectivity index (χ2n) is 3.78. The summed E-state index contributed by atoms with van der Waals surface area (Å²) in [6.07, 6.45) is 3.69. The minimum absolute atomic E-state index is 0.381. The van der Waals surface area contributed by atoms with Crippen LogP contribution in [0.2, 0.25) is 18.1 Å². The van der Waals surface area contributed by atoms with Crippen molar-refractivity contribution in [3.63, 3.8) is 0 Å². The van der Waals surface area contributed by atoms with Gasteiger partial charge in [-0.2, -0.15) is 0 Å². The Balaban J connectivity index is 3.58. The summed E-state index contributed by atoms with van der Waals surface area (Å²) in [4.78, 5) is 0. The monoisotopic (exact) mass is 298 g/mol. The van der Waals surface area contributed by atoms with Gasteiger partial charge in [0.1, 0.15) is 0 Å². The molecule has 0 spiro atoms. The Kier molecular flexibility index (Phi) is 14.9. The lowest BCUT2D eigenvalue weighted by atomic mass is 10.6. The molecule has 0 bridgehead atoms. The third-order valence-electron chi connectivity index (χ3n) is 2.08. The van der Waals surface area contributed by atoms with Crippen LogP contribution in [0.4, 0.5) is 0 Å². The van der Waals surface area contributed by atoms with Crippen molar-refractivity contribution in [2.75, 3.05) is 0 Å². The molecule has 0 aromatic heterocycles. The summed E-state index contributed by atoms with van der Waals surface area (Å²) in [6.45, 7) is 6.62. The van der Waals surface area contributed by atoms with Crippen LogP contribution in [0.15, 0.2) is 0 Å². The summed E-state index contributed by atoms with van der Waals surface area (Å²) >= 11 is 0. The van der Waals surface area contributed by atoms with Crippen LogP contribution < -0.4 is 0 Å². The van der Waals surface area contributed by atoms with Crippen molar-refractivity contribution in [1.29, 1.82) is 0 Å².